The van der Waals surface area contributed by atoms with Gasteiger partial charge in [0.2, 0.25) is 5.13 Å². The van der Waals surface area contributed by atoms with Gasteiger partial charge in [-0.3, -0.25) is 4.55 Å². The summed E-state index contributed by atoms with van der Waals surface area (Å²) in [5.74, 6) is -0.640. The largest absolute Gasteiger partial charge is 0.497 e. The maximum atomic E-state index is 11.5. The van der Waals surface area contributed by atoms with E-state index < -0.39 is 16.3 Å². The second-order valence-corrected chi connectivity index (χ2v) is 6.64. The fourth-order valence-electron chi connectivity index (χ4n) is 1.85. The summed E-state index contributed by atoms with van der Waals surface area (Å²) in [6.45, 7) is -0.0847. The maximum absolute atomic E-state index is 11.5. The van der Waals surface area contributed by atoms with Gasteiger partial charge in [0.1, 0.15) is 5.75 Å². The second-order valence-electron chi connectivity index (χ2n) is 4.47. The van der Waals surface area contributed by atoms with Crippen molar-refractivity contribution in [3.05, 3.63) is 40.9 Å². The van der Waals surface area contributed by atoms with Crippen LogP contribution < -0.4 is 9.04 Å². The Kier molecular flexibility index (Phi) is 5.19. The number of carbonyl (C=O) groups is 1. The molecule has 0 saturated carbocycles. The molecule has 1 aromatic carbocycles. The quantitative estimate of drug-likeness (QED) is 0.723. The third-order valence-electron chi connectivity index (χ3n) is 2.94. The van der Waals surface area contributed by atoms with Crippen molar-refractivity contribution in [2.45, 2.75) is 6.42 Å². The number of hydrogen-bond acceptors (Lipinski definition) is 6. The number of methoxy groups -OCH3 is 1. The van der Waals surface area contributed by atoms with Crippen LogP contribution in [0.25, 0.3) is 0 Å². The van der Waals surface area contributed by atoms with Gasteiger partial charge in [-0.05, 0) is 24.1 Å². The number of ether oxygens (including phenoxy) is 1. The predicted octanol–water partition coefficient (Wildman–Crippen LogP) is 1.70. The van der Waals surface area contributed by atoms with Gasteiger partial charge in [-0.25, -0.2) is 14.1 Å². The highest BCUT2D eigenvalue weighted by Gasteiger charge is 2.24. The van der Waals surface area contributed by atoms with E-state index in [-0.39, 0.29) is 17.4 Å². The molecule has 0 atom stereocenters. The molecule has 2 N–H and O–H groups in total. The van der Waals surface area contributed by atoms with E-state index >= 15 is 0 Å². The summed E-state index contributed by atoms with van der Waals surface area (Å²) in [4.78, 5) is 14.5. The number of carboxylic acid groups (broad SMARTS) is 1. The summed E-state index contributed by atoms with van der Waals surface area (Å²) in [5.41, 5.74) is 0.521. The molecule has 0 saturated heterocycles. The zero-order valence-corrected chi connectivity index (χ0v) is 13.7. The lowest BCUT2D eigenvalue weighted by Crippen LogP contribution is -2.32. The number of aromatic nitrogens is 1. The number of benzene rings is 1. The van der Waals surface area contributed by atoms with Crippen LogP contribution in [0.15, 0.2) is 29.6 Å². The van der Waals surface area contributed by atoms with Gasteiger partial charge in [0.15, 0.2) is 5.69 Å². The maximum Gasteiger partial charge on any atom is 0.361 e. The molecular weight excluding hydrogens is 344 g/mol. The van der Waals surface area contributed by atoms with Crippen LogP contribution in [0.2, 0.25) is 0 Å². The lowest BCUT2D eigenvalue weighted by Gasteiger charge is -2.17. The first-order valence-corrected chi connectivity index (χ1v) is 8.66. The van der Waals surface area contributed by atoms with Crippen molar-refractivity contribution < 1.29 is 27.6 Å². The van der Waals surface area contributed by atoms with E-state index in [9.17, 15) is 17.8 Å². The lowest BCUT2D eigenvalue weighted by molar-refractivity contribution is 0.0691. The standard InChI is InChI=1S/C13H14N2O6S2/c1-21-10-4-2-3-9(7-10)5-6-15(23(18,19)20)13-14-11(8-22-13)12(16)17/h2-4,7-8H,5-6H2,1H3,(H,16,17)(H,18,19,20). The fourth-order valence-corrected chi connectivity index (χ4v) is 3.55. The van der Waals surface area contributed by atoms with Crippen molar-refractivity contribution >= 4 is 32.7 Å². The molecule has 8 nitrogen and oxygen atoms in total. The van der Waals surface area contributed by atoms with Crippen LogP contribution in [0.5, 0.6) is 5.75 Å². The molecule has 0 unspecified atom stereocenters. The number of aromatic carboxylic acids is 1. The van der Waals surface area contributed by atoms with E-state index in [0.29, 0.717) is 16.5 Å². The minimum absolute atomic E-state index is 0.0847. The monoisotopic (exact) mass is 358 g/mol. The molecule has 0 aliphatic heterocycles. The van der Waals surface area contributed by atoms with Crippen molar-refractivity contribution in [2.75, 3.05) is 18.0 Å². The lowest BCUT2D eigenvalue weighted by atomic mass is 10.1. The average Bonchev–Trinajstić information content (AvgIpc) is 2.96. The summed E-state index contributed by atoms with van der Waals surface area (Å²) in [6, 6.07) is 7.05. The van der Waals surface area contributed by atoms with Gasteiger partial charge in [-0.2, -0.15) is 8.42 Å². The summed E-state index contributed by atoms with van der Waals surface area (Å²) in [7, 11) is -3.04. The normalized spacial score (nSPS) is 11.2. The Morgan fingerprint density at radius 2 is 2.17 bits per heavy atom. The van der Waals surface area contributed by atoms with Crippen LogP contribution in [0, 0.1) is 0 Å². The van der Waals surface area contributed by atoms with E-state index in [1.165, 1.54) is 12.5 Å². The molecule has 2 rings (SSSR count). The fraction of sp³-hybridized carbons (Fsp3) is 0.231. The highest BCUT2D eigenvalue weighted by Crippen LogP contribution is 2.23. The smallest absolute Gasteiger partial charge is 0.361 e. The van der Waals surface area contributed by atoms with Crippen LogP contribution in [0.1, 0.15) is 16.1 Å². The highest BCUT2D eigenvalue weighted by molar-refractivity contribution is 7.87. The molecule has 23 heavy (non-hydrogen) atoms. The molecule has 0 radical (unpaired) electrons. The molecule has 124 valence electrons. The zero-order chi connectivity index (χ0) is 17.0. The van der Waals surface area contributed by atoms with Crippen LogP contribution in [-0.4, -0.2) is 42.7 Å². The van der Waals surface area contributed by atoms with E-state index in [1.807, 2.05) is 0 Å². The van der Waals surface area contributed by atoms with E-state index in [2.05, 4.69) is 4.98 Å². The highest BCUT2D eigenvalue weighted by atomic mass is 32.2. The Bertz CT molecular complexity index is 802. The second kappa shape index (κ2) is 6.94. The van der Waals surface area contributed by atoms with Crippen molar-refractivity contribution in [3.63, 3.8) is 0 Å². The van der Waals surface area contributed by atoms with Crippen molar-refractivity contribution in [1.29, 1.82) is 0 Å². The minimum atomic E-state index is -4.56. The number of nitrogens with zero attached hydrogens (tertiary/aromatic N) is 2. The molecule has 10 heteroatoms. The molecule has 2 aromatic rings. The first-order valence-electron chi connectivity index (χ1n) is 6.38. The molecular formula is C13H14N2O6S2. The molecule has 0 fully saturated rings. The Morgan fingerprint density at radius 3 is 2.74 bits per heavy atom. The van der Waals surface area contributed by atoms with Gasteiger partial charge in [-0.1, -0.05) is 12.1 Å². The van der Waals surface area contributed by atoms with E-state index in [1.54, 1.807) is 24.3 Å². The van der Waals surface area contributed by atoms with Crippen LogP contribution in [0.3, 0.4) is 0 Å². The molecule has 0 spiro atoms. The first kappa shape index (κ1) is 17.2. The SMILES string of the molecule is COc1cccc(CCN(c2nc(C(=O)O)cs2)S(=O)(=O)O)c1. The Morgan fingerprint density at radius 1 is 1.43 bits per heavy atom. The Hall–Kier alpha value is -2.17. The number of rotatable bonds is 7. The number of thiazole rings is 1. The number of anilines is 1. The molecule has 0 aliphatic carbocycles. The number of carboxylic acids is 1. The van der Waals surface area contributed by atoms with Crippen LogP contribution in [0.4, 0.5) is 5.13 Å². The zero-order valence-electron chi connectivity index (χ0n) is 12.0. The van der Waals surface area contributed by atoms with Crippen LogP contribution in [-0.2, 0) is 16.7 Å². The van der Waals surface area contributed by atoms with Gasteiger partial charge in [0.25, 0.3) is 0 Å². The first-order chi connectivity index (χ1) is 10.8. The summed E-state index contributed by atoms with van der Waals surface area (Å²) >= 11 is 0.826. The Labute approximate surface area is 136 Å². The summed E-state index contributed by atoms with van der Waals surface area (Å²) in [5, 5.41) is 9.95. The van der Waals surface area contributed by atoms with Gasteiger partial charge in [0, 0.05) is 11.9 Å². The third-order valence-corrected chi connectivity index (χ3v) is 4.83. The summed E-state index contributed by atoms with van der Waals surface area (Å²) < 4.78 is 38.2. The van der Waals surface area contributed by atoms with Gasteiger partial charge in [-0.15, -0.1) is 11.3 Å². The molecule has 0 aliphatic rings. The molecule has 0 amide bonds. The van der Waals surface area contributed by atoms with Crippen molar-refractivity contribution in [2.24, 2.45) is 0 Å². The topological polar surface area (TPSA) is 117 Å². The van der Waals surface area contributed by atoms with Gasteiger partial charge in [0.05, 0.1) is 7.11 Å². The average molecular weight is 358 g/mol. The van der Waals surface area contributed by atoms with E-state index in [4.69, 9.17) is 9.84 Å². The number of hydrogen-bond donors (Lipinski definition) is 2. The molecule has 1 aromatic heterocycles. The minimum Gasteiger partial charge on any atom is -0.497 e. The predicted molar refractivity (Wildman–Crippen MR) is 84.7 cm³/mol. The third kappa shape index (κ3) is 4.41. The summed E-state index contributed by atoms with van der Waals surface area (Å²) in [6.07, 6.45) is 0.291. The molecule has 0 bridgehead atoms. The van der Waals surface area contributed by atoms with Crippen molar-refractivity contribution in [3.8, 4) is 5.75 Å². The molecule has 1 heterocycles. The van der Waals surface area contributed by atoms with Crippen LogP contribution >= 0.6 is 11.3 Å². The van der Waals surface area contributed by atoms with E-state index in [0.717, 1.165) is 16.9 Å². The Balaban J connectivity index is 2.20. The van der Waals surface area contributed by atoms with Gasteiger partial charge >= 0.3 is 16.3 Å². The van der Waals surface area contributed by atoms with Gasteiger partial charge < -0.3 is 9.84 Å². The van der Waals surface area contributed by atoms with Crippen molar-refractivity contribution in [1.82, 2.24) is 4.98 Å².